The number of carbonyl (C=O) groups is 1. The van der Waals surface area contributed by atoms with Crippen LogP contribution in [0.4, 0.5) is 0 Å². The van der Waals surface area contributed by atoms with Crippen molar-refractivity contribution in [3.63, 3.8) is 0 Å². The fraction of sp³-hybridized carbons (Fsp3) is 0.500. The van der Waals surface area contributed by atoms with Crippen LogP contribution in [0.15, 0.2) is 34.0 Å². The molecule has 0 bridgehead atoms. The van der Waals surface area contributed by atoms with E-state index in [-0.39, 0.29) is 17.0 Å². The van der Waals surface area contributed by atoms with Gasteiger partial charge in [0.1, 0.15) is 0 Å². The largest absolute Gasteiger partial charge is 0.336 e. The van der Waals surface area contributed by atoms with Crippen molar-refractivity contribution in [1.29, 1.82) is 0 Å². The van der Waals surface area contributed by atoms with Crippen molar-refractivity contribution in [3.05, 3.63) is 61.9 Å². The van der Waals surface area contributed by atoms with Gasteiger partial charge in [0.25, 0.3) is 11.5 Å². The third-order valence-electron chi connectivity index (χ3n) is 5.59. The third-order valence-corrected chi connectivity index (χ3v) is 5.59. The van der Waals surface area contributed by atoms with Crippen molar-refractivity contribution in [2.75, 3.05) is 32.7 Å². The third kappa shape index (κ3) is 4.06. The lowest BCUT2D eigenvalue weighted by Gasteiger charge is -2.34. The number of hydrogen-bond acceptors (Lipinski definition) is 5. The van der Waals surface area contributed by atoms with E-state index in [1.165, 1.54) is 12.3 Å². The van der Waals surface area contributed by atoms with E-state index in [1.807, 2.05) is 0 Å². The summed E-state index contributed by atoms with van der Waals surface area (Å²) in [5.74, 6) is -0.0662. The predicted octanol–water partition coefficient (Wildman–Crippen LogP) is 0.268. The highest BCUT2D eigenvalue weighted by Gasteiger charge is 2.22. The molecule has 0 saturated carbocycles. The molecule has 1 amide bonds. The van der Waals surface area contributed by atoms with Gasteiger partial charge >= 0.3 is 0 Å². The number of fused-ring (bicyclic) bond motifs is 1. The number of carbonyl (C=O) groups excluding carboxylic acids is 1. The molecule has 1 saturated heterocycles. The Labute approximate surface area is 162 Å². The summed E-state index contributed by atoms with van der Waals surface area (Å²) in [6.45, 7) is 4.09. The molecular formula is C20H25N5O3. The minimum atomic E-state index is -0.215. The van der Waals surface area contributed by atoms with E-state index in [4.69, 9.17) is 0 Å². The van der Waals surface area contributed by atoms with Crippen LogP contribution < -0.4 is 11.1 Å². The highest BCUT2D eigenvalue weighted by Crippen LogP contribution is 2.16. The van der Waals surface area contributed by atoms with E-state index in [0.29, 0.717) is 25.2 Å². The highest BCUT2D eigenvalue weighted by molar-refractivity contribution is 5.93. The second-order valence-corrected chi connectivity index (χ2v) is 7.46. The Morgan fingerprint density at radius 2 is 1.82 bits per heavy atom. The quantitative estimate of drug-likeness (QED) is 0.818. The topological polar surface area (TPSA) is 91.3 Å². The van der Waals surface area contributed by atoms with Crippen LogP contribution in [0.1, 0.15) is 34.5 Å². The molecule has 1 aliphatic carbocycles. The maximum Gasteiger partial charge on any atom is 0.267 e. The summed E-state index contributed by atoms with van der Waals surface area (Å²) >= 11 is 0. The van der Waals surface area contributed by atoms with Crippen molar-refractivity contribution >= 4 is 5.91 Å². The Kier molecular flexibility index (Phi) is 5.38. The molecular weight excluding hydrogens is 358 g/mol. The number of nitrogens with zero attached hydrogens (tertiary/aromatic N) is 4. The number of rotatable bonds is 4. The second kappa shape index (κ2) is 8.10. The molecule has 0 spiro atoms. The van der Waals surface area contributed by atoms with E-state index in [2.05, 4.69) is 15.0 Å². The molecule has 4 rings (SSSR count). The van der Waals surface area contributed by atoms with Gasteiger partial charge < -0.3 is 9.88 Å². The Bertz CT molecular complexity index is 952. The summed E-state index contributed by atoms with van der Waals surface area (Å²) < 4.78 is 1.59. The molecule has 1 N–H and O–H groups in total. The van der Waals surface area contributed by atoms with Gasteiger partial charge in [-0.1, -0.05) is 0 Å². The maximum absolute atomic E-state index is 12.5. The summed E-state index contributed by atoms with van der Waals surface area (Å²) in [7, 11) is 0. The molecule has 0 unspecified atom stereocenters. The lowest BCUT2D eigenvalue weighted by molar-refractivity contribution is 0.0631. The lowest BCUT2D eigenvalue weighted by Crippen LogP contribution is -2.49. The number of piperazine rings is 1. The first kappa shape index (κ1) is 18.6. The normalized spacial score (nSPS) is 17.4. The van der Waals surface area contributed by atoms with Gasteiger partial charge in [0.15, 0.2) is 0 Å². The molecule has 3 heterocycles. The Morgan fingerprint density at radius 3 is 2.57 bits per heavy atom. The van der Waals surface area contributed by atoms with Crippen LogP contribution in [0.5, 0.6) is 0 Å². The summed E-state index contributed by atoms with van der Waals surface area (Å²) in [4.78, 5) is 42.5. The average Bonchev–Trinajstić information content (AvgIpc) is 2.72. The number of amides is 1. The molecule has 148 valence electrons. The van der Waals surface area contributed by atoms with Crippen LogP contribution in [0.3, 0.4) is 0 Å². The summed E-state index contributed by atoms with van der Waals surface area (Å²) in [6, 6.07) is 4.68. The molecule has 0 atom stereocenters. The van der Waals surface area contributed by atoms with Gasteiger partial charge in [-0.3, -0.25) is 19.3 Å². The lowest BCUT2D eigenvalue weighted by atomic mass is 9.97. The molecule has 2 aliphatic rings. The fourth-order valence-corrected chi connectivity index (χ4v) is 3.90. The van der Waals surface area contributed by atoms with Crippen LogP contribution >= 0.6 is 0 Å². The van der Waals surface area contributed by atoms with E-state index < -0.39 is 0 Å². The number of hydrogen-bond donors (Lipinski definition) is 1. The zero-order valence-electron chi connectivity index (χ0n) is 15.9. The summed E-state index contributed by atoms with van der Waals surface area (Å²) in [5, 5.41) is 4.57. The Morgan fingerprint density at radius 1 is 1.04 bits per heavy atom. The van der Waals surface area contributed by atoms with E-state index in [9.17, 15) is 14.4 Å². The Balaban J connectivity index is 1.31. The summed E-state index contributed by atoms with van der Waals surface area (Å²) in [6.07, 6.45) is 5.67. The molecule has 8 nitrogen and oxygen atoms in total. The zero-order valence-corrected chi connectivity index (χ0v) is 15.9. The van der Waals surface area contributed by atoms with Gasteiger partial charge in [-0.15, -0.1) is 0 Å². The molecule has 0 aromatic carbocycles. The van der Waals surface area contributed by atoms with Crippen molar-refractivity contribution in [2.45, 2.75) is 32.2 Å². The number of aromatic amines is 1. The summed E-state index contributed by atoms with van der Waals surface area (Å²) in [5.41, 5.74) is 2.45. The maximum atomic E-state index is 12.5. The first-order valence-corrected chi connectivity index (χ1v) is 9.90. The van der Waals surface area contributed by atoms with Gasteiger partial charge in [-0.25, -0.2) is 4.68 Å². The number of pyridine rings is 1. The highest BCUT2D eigenvalue weighted by atomic mass is 16.2. The fourth-order valence-electron chi connectivity index (χ4n) is 3.90. The molecule has 1 fully saturated rings. The van der Waals surface area contributed by atoms with Gasteiger partial charge in [0.2, 0.25) is 5.56 Å². The van der Waals surface area contributed by atoms with Crippen LogP contribution in [0.25, 0.3) is 0 Å². The van der Waals surface area contributed by atoms with Crippen molar-refractivity contribution < 1.29 is 4.79 Å². The van der Waals surface area contributed by atoms with E-state index in [0.717, 1.165) is 56.6 Å². The molecule has 2 aromatic heterocycles. The van der Waals surface area contributed by atoms with E-state index >= 15 is 0 Å². The van der Waals surface area contributed by atoms with Crippen molar-refractivity contribution in [2.24, 2.45) is 0 Å². The average molecular weight is 383 g/mol. The minimum Gasteiger partial charge on any atom is -0.336 e. The molecule has 1 aliphatic heterocycles. The van der Waals surface area contributed by atoms with Gasteiger partial charge in [-0.2, -0.15) is 5.10 Å². The standard InChI is InChI=1S/C20H25N5O3/c26-18-6-5-16(14-21-18)20(28)24-10-7-23(8-11-24)9-12-25-19(27)13-15-3-1-2-4-17(15)22-25/h5-6,13-14H,1-4,7-12H2,(H,21,26). The van der Waals surface area contributed by atoms with Gasteiger partial charge in [0, 0.05) is 51.1 Å². The zero-order chi connectivity index (χ0) is 19.5. The number of aryl methyl sites for hydroxylation is 2. The van der Waals surface area contributed by atoms with Crippen molar-refractivity contribution in [1.82, 2.24) is 24.6 Å². The monoisotopic (exact) mass is 383 g/mol. The molecule has 28 heavy (non-hydrogen) atoms. The van der Waals surface area contributed by atoms with Crippen LogP contribution in [-0.4, -0.2) is 63.2 Å². The SMILES string of the molecule is O=C(c1ccc(=O)[nH]c1)N1CCN(CCn2nc3c(cc2=O)CCCC3)CC1. The Hall–Kier alpha value is -2.74. The predicted molar refractivity (Wildman–Crippen MR) is 105 cm³/mol. The first-order valence-electron chi connectivity index (χ1n) is 9.90. The van der Waals surface area contributed by atoms with Crippen molar-refractivity contribution in [3.8, 4) is 0 Å². The number of aromatic nitrogens is 3. The second-order valence-electron chi connectivity index (χ2n) is 7.46. The van der Waals surface area contributed by atoms with E-state index in [1.54, 1.807) is 21.7 Å². The molecule has 2 aromatic rings. The first-order chi connectivity index (χ1) is 13.6. The number of H-pyrrole nitrogens is 1. The van der Waals surface area contributed by atoms with Crippen LogP contribution in [0, 0.1) is 0 Å². The minimum absolute atomic E-state index is 0.0208. The van der Waals surface area contributed by atoms with Crippen LogP contribution in [-0.2, 0) is 19.4 Å². The number of nitrogens with one attached hydrogen (secondary N) is 1. The smallest absolute Gasteiger partial charge is 0.267 e. The van der Waals surface area contributed by atoms with Gasteiger partial charge in [0.05, 0.1) is 17.8 Å². The molecule has 0 radical (unpaired) electrons. The van der Waals surface area contributed by atoms with Crippen LogP contribution in [0.2, 0.25) is 0 Å². The molecule has 8 heteroatoms. The van der Waals surface area contributed by atoms with Gasteiger partial charge in [-0.05, 0) is 37.3 Å².